The van der Waals surface area contributed by atoms with Crippen molar-refractivity contribution in [1.29, 1.82) is 0 Å². The number of nitrogens with one attached hydrogen (secondary N) is 2. The topological polar surface area (TPSA) is 78.0 Å². The molecule has 5 heteroatoms. The van der Waals surface area contributed by atoms with Gasteiger partial charge >= 0.3 is 6.09 Å². The molecule has 1 atom stereocenters. The third-order valence-electron chi connectivity index (χ3n) is 4.25. The number of nitrogens with zero attached hydrogens (tertiary/aromatic N) is 1. The number of benzene rings is 2. The number of imidazole rings is 1. The van der Waals surface area contributed by atoms with Gasteiger partial charge in [-0.15, -0.1) is 0 Å². The molecule has 0 fully saturated rings. The zero-order valence-electron chi connectivity index (χ0n) is 13.9. The van der Waals surface area contributed by atoms with Crippen molar-refractivity contribution in [3.8, 4) is 0 Å². The lowest BCUT2D eigenvalue weighted by Gasteiger charge is -2.19. The van der Waals surface area contributed by atoms with E-state index in [1.54, 1.807) is 6.33 Å². The second-order valence-corrected chi connectivity index (χ2v) is 5.97. The van der Waals surface area contributed by atoms with Crippen LogP contribution in [0.15, 0.2) is 67.1 Å². The molecule has 0 spiro atoms. The van der Waals surface area contributed by atoms with Gasteiger partial charge in [0.25, 0.3) is 0 Å². The molecule has 3 rings (SSSR count). The van der Waals surface area contributed by atoms with Crippen LogP contribution in [0.2, 0.25) is 0 Å². The lowest BCUT2D eigenvalue weighted by atomic mass is 9.89. The summed E-state index contributed by atoms with van der Waals surface area (Å²) in [5.74, 6) is -0.00981. The molecule has 3 N–H and O–H groups in total. The van der Waals surface area contributed by atoms with E-state index >= 15 is 0 Å². The number of carboxylic acid groups (broad SMARTS) is 1. The molecule has 3 aromatic rings. The fourth-order valence-corrected chi connectivity index (χ4v) is 2.97. The van der Waals surface area contributed by atoms with Crippen LogP contribution in [0.3, 0.4) is 0 Å². The number of amides is 1. The van der Waals surface area contributed by atoms with Gasteiger partial charge in [0.2, 0.25) is 0 Å². The van der Waals surface area contributed by atoms with E-state index in [1.165, 1.54) is 5.56 Å². The number of aromatic amines is 1. The van der Waals surface area contributed by atoms with Gasteiger partial charge < -0.3 is 15.4 Å². The van der Waals surface area contributed by atoms with Crippen molar-refractivity contribution < 1.29 is 9.90 Å². The normalized spacial score (nSPS) is 11.8. The molecule has 1 unspecified atom stereocenters. The van der Waals surface area contributed by atoms with E-state index in [2.05, 4.69) is 33.5 Å². The molecule has 0 aliphatic carbocycles. The third kappa shape index (κ3) is 4.70. The fourth-order valence-electron chi connectivity index (χ4n) is 2.97. The molecular weight excluding hydrogens is 314 g/mol. The van der Waals surface area contributed by atoms with E-state index in [9.17, 15) is 4.79 Å². The largest absolute Gasteiger partial charge is 0.465 e. The van der Waals surface area contributed by atoms with Crippen LogP contribution < -0.4 is 5.32 Å². The van der Waals surface area contributed by atoms with Crippen LogP contribution in [0.5, 0.6) is 0 Å². The molecule has 0 saturated heterocycles. The van der Waals surface area contributed by atoms with Gasteiger partial charge in [-0.05, 0) is 29.5 Å². The Balaban J connectivity index is 1.80. The van der Waals surface area contributed by atoms with E-state index in [0.29, 0.717) is 6.54 Å². The number of carbonyl (C=O) groups is 1. The summed E-state index contributed by atoms with van der Waals surface area (Å²) in [5.41, 5.74) is 4.55. The van der Waals surface area contributed by atoms with Crippen LogP contribution >= 0.6 is 0 Å². The predicted molar refractivity (Wildman–Crippen MR) is 96.8 cm³/mol. The van der Waals surface area contributed by atoms with E-state index in [4.69, 9.17) is 5.11 Å². The maximum absolute atomic E-state index is 10.9. The number of aromatic nitrogens is 2. The van der Waals surface area contributed by atoms with Crippen molar-refractivity contribution in [1.82, 2.24) is 15.3 Å². The fraction of sp³-hybridized carbons (Fsp3) is 0.200. The third-order valence-corrected chi connectivity index (χ3v) is 4.25. The second kappa shape index (κ2) is 8.15. The highest BCUT2D eigenvalue weighted by Gasteiger charge is 2.15. The van der Waals surface area contributed by atoms with E-state index in [0.717, 1.165) is 29.7 Å². The van der Waals surface area contributed by atoms with Crippen molar-refractivity contribution in [2.75, 3.05) is 6.54 Å². The highest BCUT2D eigenvalue weighted by molar-refractivity contribution is 5.64. The predicted octanol–water partition coefficient (Wildman–Crippen LogP) is 3.59. The summed E-state index contributed by atoms with van der Waals surface area (Å²) in [4.78, 5) is 18.1. The van der Waals surface area contributed by atoms with Crippen LogP contribution in [0, 0.1) is 0 Å². The SMILES string of the molecule is O=C(O)NCC(c1ccccc1)c1cccc(CCc2cnc[nH]2)c1. The summed E-state index contributed by atoms with van der Waals surface area (Å²) in [5, 5.41) is 11.5. The highest BCUT2D eigenvalue weighted by Crippen LogP contribution is 2.25. The zero-order chi connectivity index (χ0) is 17.5. The van der Waals surface area contributed by atoms with Gasteiger partial charge in [-0.1, -0.05) is 54.6 Å². The summed E-state index contributed by atoms with van der Waals surface area (Å²) in [6, 6.07) is 18.3. The Morgan fingerprint density at radius 2 is 1.88 bits per heavy atom. The quantitative estimate of drug-likeness (QED) is 0.617. The van der Waals surface area contributed by atoms with Gasteiger partial charge in [0.05, 0.1) is 6.33 Å². The van der Waals surface area contributed by atoms with Crippen molar-refractivity contribution >= 4 is 6.09 Å². The van der Waals surface area contributed by atoms with Gasteiger partial charge in [0.1, 0.15) is 0 Å². The van der Waals surface area contributed by atoms with Crippen LogP contribution in [0.1, 0.15) is 28.3 Å². The van der Waals surface area contributed by atoms with Gasteiger partial charge in [0, 0.05) is 24.4 Å². The summed E-state index contributed by atoms with van der Waals surface area (Å²) in [6.45, 7) is 0.351. The summed E-state index contributed by atoms with van der Waals surface area (Å²) < 4.78 is 0. The second-order valence-electron chi connectivity index (χ2n) is 5.97. The van der Waals surface area contributed by atoms with E-state index in [1.807, 2.05) is 42.6 Å². The Bertz CT molecular complexity index is 801. The minimum atomic E-state index is -1.00. The first-order valence-electron chi connectivity index (χ1n) is 8.30. The maximum atomic E-state index is 10.9. The minimum Gasteiger partial charge on any atom is -0.465 e. The molecule has 5 nitrogen and oxygen atoms in total. The molecule has 0 aliphatic rings. The minimum absolute atomic E-state index is 0.00981. The van der Waals surface area contributed by atoms with Gasteiger partial charge in [-0.25, -0.2) is 9.78 Å². The Labute approximate surface area is 146 Å². The van der Waals surface area contributed by atoms with Crippen LogP contribution in [0.4, 0.5) is 4.79 Å². The highest BCUT2D eigenvalue weighted by atomic mass is 16.4. The average molecular weight is 335 g/mol. The summed E-state index contributed by atoms with van der Waals surface area (Å²) in [6.07, 6.45) is 4.33. The molecule has 1 aromatic heterocycles. The number of rotatable bonds is 7. The monoisotopic (exact) mass is 335 g/mol. The van der Waals surface area contributed by atoms with Crippen LogP contribution in [0.25, 0.3) is 0 Å². The zero-order valence-corrected chi connectivity index (χ0v) is 13.9. The number of hydrogen-bond donors (Lipinski definition) is 3. The molecule has 0 aliphatic heterocycles. The number of aryl methyl sites for hydroxylation is 2. The Hall–Kier alpha value is -3.08. The first-order valence-corrected chi connectivity index (χ1v) is 8.30. The first-order chi connectivity index (χ1) is 12.2. The van der Waals surface area contributed by atoms with Crippen molar-refractivity contribution in [2.45, 2.75) is 18.8 Å². The van der Waals surface area contributed by atoms with Crippen molar-refractivity contribution in [2.24, 2.45) is 0 Å². The molecule has 0 bridgehead atoms. The molecule has 25 heavy (non-hydrogen) atoms. The summed E-state index contributed by atoms with van der Waals surface area (Å²) >= 11 is 0. The van der Waals surface area contributed by atoms with Gasteiger partial charge in [-0.2, -0.15) is 0 Å². The van der Waals surface area contributed by atoms with E-state index in [-0.39, 0.29) is 5.92 Å². The molecular formula is C20H21N3O2. The van der Waals surface area contributed by atoms with Crippen molar-refractivity contribution in [3.05, 3.63) is 89.5 Å². The lowest BCUT2D eigenvalue weighted by molar-refractivity contribution is 0.194. The molecule has 1 heterocycles. The maximum Gasteiger partial charge on any atom is 0.404 e. The molecule has 0 radical (unpaired) electrons. The molecule has 128 valence electrons. The van der Waals surface area contributed by atoms with Crippen LogP contribution in [-0.2, 0) is 12.8 Å². The molecule has 2 aromatic carbocycles. The molecule has 0 saturated carbocycles. The van der Waals surface area contributed by atoms with Gasteiger partial charge in [-0.3, -0.25) is 0 Å². The van der Waals surface area contributed by atoms with E-state index < -0.39 is 6.09 Å². The van der Waals surface area contributed by atoms with Gasteiger partial charge in [0.15, 0.2) is 0 Å². The average Bonchev–Trinajstić information content (AvgIpc) is 3.15. The first kappa shape index (κ1) is 16.8. The number of H-pyrrole nitrogens is 1. The standard InChI is InChI=1S/C20H21N3O2/c24-20(25)22-13-19(16-6-2-1-3-7-16)17-8-4-5-15(11-17)9-10-18-12-21-14-23-18/h1-8,11-12,14,19,22H,9-10,13H2,(H,21,23)(H,24,25). The smallest absolute Gasteiger partial charge is 0.404 e. The Kier molecular flexibility index (Phi) is 5.46. The van der Waals surface area contributed by atoms with Crippen molar-refractivity contribution in [3.63, 3.8) is 0 Å². The lowest BCUT2D eigenvalue weighted by Crippen LogP contribution is -2.27. The molecule has 1 amide bonds. The van der Waals surface area contributed by atoms with Crippen LogP contribution in [-0.4, -0.2) is 27.7 Å². The Morgan fingerprint density at radius 3 is 2.60 bits per heavy atom. The number of hydrogen-bond acceptors (Lipinski definition) is 2. The summed E-state index contributed by atoms with van der Waals surface area (Å²) in [7, 11) is 0. The Morgan fingerprint density at radius 1 is 1.08 bits per heavy atom.